The van der Waals surface area contributed by atoms with E-state index in [1.165, 1.54) is 18.2 Å². The topological polar surface area (TPSA) is 77.8 Å². The number of rotatable bonds is 5. The second kappa shape index (κ2) is 7.59. The van der Waals surface area contributed by atoms with Crippen molar-refractivity contribution < 1.29 is 18.7 Å². The van der Waals surface area contributed by atoms with Gasteiger partial charge in [-0.2, -0.15) is 5.10 Å². The molecule has 146 valence electrons. The molecule has 1 N–H and O–H groups in total. The standard InChI is InChI=1S/C21H17FN4O3/c1-28-18-7-6-13(10-19(18)29-2)17-8-9-23-20-12-16(25-26(17)20)21(27)24-15-5-3-4-14(22)11-15/h3-12H,1-2H3,(H,24,27). The van der Waals surface area contributed by atoms with Crippen LogP contribution in [0.1, 0.15) is 10.5 Å². The summed E-state index contributed by atoms with van der Waals surface area (Å²) in [5.74, 6) is 0.290. The second-order valence-electron chi connectivity index (χ2n) is 6.16. The van der Waals surface area contributed by atoms with Gasteiger partial charge >= 0.3 is 0 Å². The first-order valence-electron chi connectivity index (χ1n) is 8.73. The van der Waals surface area contributed by atoms with Gasteiger partial charge in [-0.15, -0.1) is 0 Å². The Morgan fingerprint density at radius 2 is 1.86 bits per heavy atom. The van der Waals surface area contributed by atoms with Crippen LogP contribution in [-0.4, -0.2) is 34.7 Å². The molecule has 0 fully saturated rings. The van der Waals surface area contributed by atoms with Crippen molar-refractivity contribution in [1.82, 2.24) is 14.6 Å². The third kappa shape index (κ3) is 3.60. The fourth-order valence-electron chi connectivity index (χ4n) is 2.98. The largest absolute Gasteiger partial charge is 0.493 e. The van der Waals surface area contributed by atoms with Crippen molar-refractivity contribution in [3.05, 3.63) is 72.3 Å². The Kier molecular flexibility index (Phi) is 4.82. The van der Waals surface area contributed by atoms with Crippen LogP contribution in [0.5, 0.6) is 11.5 Å². The summed E-state index contributed by atoms with van der Waals surface area (Å²) in [6, 6.07) is 14.5. The summed E-state index contributed by atoms with van der Waals surface area (Å²) in [4.78, 5) is 16.8. The number of aromatic nitrogens is 3. The van der Waals surface area contributed by atoms with Crippen LogP contribution in [0.25, 0.3) is 16.9 Å². The second-order valence-corrected chi connectivity index (χ2v) is 6.16. The number of halogens is 1. The van der Waals surface area contributed by atoms with Crippen LogP contribution >= 0.6 is 0 Å². The summed E-state index contributed by atoms with van der Waals surface area (Å²) < 4.78 is 25.6. The van der Waals surface area contributed by atoms with Crippen LogP contribution in [0, 0.1) is 5.82 Å². The average Bonchev–Trinajstić information content (AvgIpc) is 3.18. The lowest BCUT2D eigenvalue weighted by Crippen LogP contribution is -2.12. The van der Waals surface area contributed by atoms with Gasteiger partial charge in [-0.25, -0.2) is 13.9 Å². The molecule has 0 saturated carbocycles. The van der Waals surface area contributed by atoms with E-state index in [1.807, 2.05) is 12.1 Å². The molecule has 7 nitrogen and oxygen atoms in total. The number of benzene rings is 2. The number of hydrogen-bond acceptors (Lipinski definition) is 5. The molecule has 4 rings (SSSR count). The van der Waals surface area contributed by atoms with Gasteiger partial charge in [0.25, 0.3) is 5.91 Å². The van der Waals surface area contributed by atoms with Gasteiger partial charge in [-0.1, -0.05) is 6.07 Å². The lowest BCUT2D eigenvalue weighted by molar-refractivity contribution is 0.102. The maximum atomic E-state index is 13.3. The molecule has 2 aromatic heterocycles. The van der Waals surface area contributed by atoms with E-state index in [1.54, 1.807) is 49.2 Å². The van der Waals surface area contributed by atoms with Gasteiger partial charge in [0.05, 0.1) is 19.9 Å². The molecule has 29 heavy (non-hydrogen) atoms. The van der Waals surface area contributed by atoms with Crippen LogP contribution < -0.4 is 14.8 Å². The molecule has 2 aromatic carbocycles. The highest BCUT2D eigenvalue weighted by Gasteiger charge is 2.15. The van der Waals surface area contributed by atoms with E-state index >= 15 is 0 Å². The van der Waals surface area contributed by atoms with Crippen molar-refractivity contribution in [1.29, 1.82) is 0 Å². The number of nitrogens with zero attached hydrogens (tertiary/aromatic N) is 3. The third-order valence-electron chi connectivity index (χ3n) is 4.35. The van der Waals surface area contributed by atoms with Crippen LogP contribution in [0.2, 0.25) is 0 Å². The number of fused-ring (bicyclic) bond motifs is 1. The van der Waals surface area contributed by atoms with Crippen molar-refractivity contribution in [3.63, 3.8) is 0 Å². The number of hydrogen-bond donors (Lipinski definition) is 1. The predicted molar refractivity (Wildman–Crippen MR) is 106 cm³/mol. The summed E-state index contributed by atoms with van der Waals surface area (Å²) in [6.07, 6.45) is 1.64. The van der Waals surface area contributed by atoms with E-state index in [0.29, 0.717) is 22.8 Å². The number of carbonyl (C=O) groups excluding carboxylic acids is 1. The first-order chi connectivity index (χ1) is 14.1. The third-order valence-corrected chi connectivity index (χ3v) is 4.35. The molecular formula is C21H17FN4O3. The summed E-state index contributed by atoms with van der Waals surface area (Å²) in [6.45, 7) is 0. The fourth-order valence-corrected chi connectivity index (χ4v) is 2.98. The van der Waals surface area contributed by atoms with E-state index in [4.69, 9.17) is 9.47 Å². The van der Waals surface area contributed by atoms with Crippen LogP contribution in [0.15, 0.2) is 60.8 Å². The van der Waals surface area contributed by atoms with Gasteiger partial charge in [-0.3, -0.25) is 4.79 Å². The van der Waals surface area contributed by atoms with Crippen LogP contribution in [0.3, 0.4) is 0 Å². The number of nitrogens with one attached hydrogen (secondary N) is 1. The van der Waals surface area contributed by atoms with E-state index in [0.717, 1.165) is 11.3 Å². The predicted octanol–water partition coefficient (Wildman–Crippen LogP) is 3.80. The Bertz CT molecular complexity index is 1210. The summed E-state index contributed by atoms with van der Waals surface area (Å²) >= 11 is 0. The molecule has 0 unspecified atom stereocenters. The highest BCUT2D eigenvalue weighted by atomic mass is 19.1. The number of ether oxygens (including phenoxy) is 2. The summed E-state index contributed by atoms with van der Waals surface area (Å²) in [5, 5.41) is 7.02. The van der Waals surface area contributed by atoms with Crippen LogP contribution in [-0.2, 0) is 0 Å². The maximum absolute atomic E-state index is 13.3. The van der Waals surface area contributed by atoms with Gasteiger partial charge in [0, 0.05) is 23.5 Å². The van der Waals surface area contributed by atoms with E-state index < -0.39 is 11.7 Å². The minimum Gasteiger partial charge on any atom is -0.493 e. The molecule has 0 saturated heterocycles. The molecule has 0 radical (unpaired) electrons. The minimum atomic E-state index is -0.459. The molecular weight excluding hydrogens is 375 g/mol. The highest BCUT2D eigenvalue weighted by Crippen LogP contribution is 2.32. The number of carbonyl (C=O) groups is 1. The molecule has 0 atom stereocenters. The maximum Gasteiger partial charge on any atom is 0.276 e. The summed E-state index contributed by atoms with van der Waals surface area (Å²) in [7, 11) is 3.13. The van der Waals surface area contributed by atoms with Crippen molar-refractivity contribution in [2.45, 2.75) is 0 Å². The molecule has 1 amide bonds. The molecule has 4 aromatic rings. The zero-order valence-electron chi connectivity index (χ0n) is 15.7. The Morgan fingerprint density at radius 1 is 1.03 bits per heavy atom. The Morgan fingerprint density at radius 3 is 2.62 bits per heavy atom. The normalized spacial score (nSPS) is 10.7. The first-order valence-corrected chi connectivity index (χ1v) is 8.73. The Balaban J connectivity index is 1.71. The Labute approximate surface area is 165 Å². The van der Waals surface area contributed by atoms with Crippen molar-refractivity contribution in [2.24, 2.45) is 0 Å². The van der Waals surface area contributed by atoms with Crippen molar-refractivity contribution in [2.75, 3.05) is 19.5 Å². The highest BCUT2D eigenvalue weighted by molar-refractivity contribution is 6.03. The number of amides is 1. The lowest BCUT2D eigenvalue weighted by Gasteiger charge is -2.10. The minimum absolute atomic E-state index is 0.162. The SMILES string of the molecule is COc1ccc(-c2ccnc3cc(C(=O)Nc4cccc(F)c4)nn23)cc1OC. The van der Waals surface area contributed by atoms with E-state index in [2.05, 4.69) is 15.4 Å². The molecule has 0 aliphatic heterocycles. The van der Waals surface area contributed by atoms with Crippen LogP contribution in [0.4, 0.5) is 10.1 Å². The molecule has 0 bridgehead atoms. The van der Waals surface area contributed by atoms with Gasteiger partial charge in [0.2, 0.25) is 0 Å². The smallest absolute Gasteiger partial charge is 0.276 e. The van der Waals surface area contributed by atoms with E-state index in [-0.39, 0.29) is 5.69 Å². The monoisotopic (exact) mass is 392 g/mol. The quantitative estimate of drug-likeness (QED) is 0.559. The molecule has 0 aliphatic rings. The molecule has 2 heterocycles. The lowest BCUT2D eigenvalue weighted by atomic mass is 10.1. The zero-order chi connectivity index (χ0) is 20.4. The zero-order valence-corrected chi connectivity index (χ0v) is 15.7. The number of methoxy groups -OCH3 is 2. The van der Waals surface area contributed by atoms with Gasteiger partial charge < -0.3 is 14.8 Å². The summed E-state index contributed by atoms with van der Waals surface area (Å²) in [5.41, 5.74) is 2.55. The molecule has 0 aliphatic carbocycles. The van der Waals surface area contributed by atoms with E-state index in [9.17, 15) is 9.18 Å². The molecule has 0 spiro atoms. The van der Waals surface area contributed by atoms with Crippen molar-refractivity contribution >= 4 is 17.2 Å². The Hall–Kier alpha value is -3.94. The average molecular weight is 392 g/mol. The van der Waals surface area contributed by atoms with Gasteiger partial charge in [-0.05, 0) is 42.5 Å². The van der Waals surface area contributed by atoms with Gasteiger partial charge in [0.15, 0.2) is 22.8 Å². The van der Waals surface area contributed by atoms with Gasteiger partial charge in [0.1, 0.15) is 5.82 Å². The van der Waals surface area contributed by atoms with Crippen molar-refractivity contribution in [3.8, 4) is 22.8 Å². The fraction of sp³-hybridized carbons (Fsp3) is 0.0952. The first kappa shape index (κ1) is 18.4. The molecule has 8 heteroatoms. The number of anilines is 1.